The minimum atomic E-state index is 0.591. The van der Waals surface area contributed by atoms with Crippen LogP contribution >= 0.6 is 0 Å². The lowest BCUT2D eigenvalue weighted by Gasteiger charge is -2.10. The first-order valence-electron chi connectivity index (χ1n) is 5.66. The summed E-state index contributed by atoms with van der Waals surface area (Å²) in [5, 5.41) is 8.03. The molecule has 0 fully saturated rings. The minimum Gasteiger partial charge on any atom is -0.317 e. The third kappa shape index (κ3) is 1.98. The molecule has 1 aromatic carbocycles. The maximum Gasteiger partial charge on any atom is 0.163 e. The smallest absolute Gasteiger partial charge is 0.163 e. The monoisotopic (exact) mass is 215 g/mol. The van der Waals surface area contributed by atoms with Crippen molar-refractivity contribution in [1.82, 2.24) is 14.8 Å². The van der Waals surface area contributed by atoms with Crippen LogP contribution in [0.4, 0.5) is 0 Å². The Hall–Kier alpha value is -1.64. The number of aromatic nitrogens is 3. The fourth-order valence-electron chi connectivity index (χ4n) is 1.76. The fourth-order valence-corrected chi connectivity index (χ4v) is 1.76. The minimum absolute atomic E-state index is 0.591. The first kappa shape index (κ1) is 10.9. The van der Waals surface area contributed by atoms with E-state index in [1.54, 1.807) is 6.33 Å². The van der Waals surface area contributed by atoms with E-state index < -0.39 is 0 Å². The molecule has 1 aromatic heterocycles. The van der Waals surface area contributed by atoms with Crippen molar-refractivity contribution in [1.29, 1.82) is 0 Å². The van der Waals surface area contributed by atoms with Crippen LogP contribution in [0.5, 0.6) is 0 Å². The first-order valence-corrected chi connectivity index (χ1v) is 5.66. The SMILES string of the molecule is CCC(C)c1cccc(-c2nncn2C)c1. The lowest BCUT2D eigenvalue weighted by molar-refractivity contribution is 0.733. The Morgan fingerprint density at radius 1 is 1.38 bits per heavy atom. The van der Waals surface area contributed by atoms with E-state index in [9.17, 15) is 0 Å². The van der Waals surface area contributed by atoms with Crippen LogP contribution in [0, 0.1) is 0 Å². The van der Waals surface area contributed by atoms with E-state index in [0.29, 0.717) is 5.92 Å². The Balaban J connectivity index is 2.40. The molecule has 0 saturated heterocycles. The maximum absolute atomic E-state index is 4.13. The Morgan fingerprint density at radius 2 is 2.19 bits per heavy atom. The van der Waals surface area contributed by atoms with E-state index in [2.05, 4.69) is 48.3 Å². The zero-order valence-electron chi connectivity index (χ0n) is 10.0. The van der Waals surface area contributed by atoms with Crippen molar-refractivity contribution in [2.24, 2.45) is 7.05 Å². The summed E-state index contributed by atoms with van der Waals surface area (Å²) >= 11 is 0. The van der Waals surface area contributed by atoms with Gasteiger partial charge in [-0.25, -0.2) is 0 Å². The molecule has 0 aliphatic heterocycles. The van der Waals surface area contributed by atoms with Gasteiger partial charge in [-0.15, -0.1) is 10.2 Å². The second-order valence-electron chi connectivity index (χ2n) is 4.20. The van der Waals surface area contributed by atoms with Crippen molar-refractivity contribution >= 4 is 0 Å². The molecule has 2 aromatic rings. The van der Waals surface area contributed by atoms with E-state index in [0.717, 1.165) is 17.8 Å². The molecule has 3 nitrogen and oxygen atoms in total. The summed E-state index contributed by atoms with van der Waals surface area (Å²) in [5.74, 6) is 1.51. The average molecular weight is 215 g/mol. The number of nitrogens with zero attached hydrogens (tertiary/aromatic N) is 3. The third-order valence-electron chi connectivity index (χ3n) is 3.04. The van der Waals surface area contributed by atoms with Gasteiger partial charge in [-0.05, 0) is 24.0 Å². The number of hydrogen-bond acceptors (Lipinski definition) is 2. The lowest BCUT2D eigenvalue weighted by atomic mass is 9.97. The van der Waals surface area contributed by atoms with Gasteiger partial charge in [-0.1, -0.05) is 32.0 Å². The molecule has 0 amide bonds. The third-order valence-corrected chi connectivity index (χ3v) is 3.04. The maximum atomic E-state index is 4.13. The van der Waals surface area contributed by atoms with Crippen molar-refractivity contribution in [3.8, 4) is 11.4 Å². The molecule has 0 bridgehead atoms. The van der Waals surface area contributed by atoms with Gasteiger partial charge in [0.2, 0.25) is 0 Å². The number of aryl methyl sites for hydroxylation is 1. The fraction of sp³-hybridized carbons (Fsp3) is 0.385. The van der Waals surface area contributed by atoms with E-state index in [4.69, 9.17) is 0 Å². The number of hydrogen-bond donors (Lipinski definition) is 0. The molecule has 1 atom stereocenters. The van der Waals surface area contributed by atoms with E-state index >= 15 is 0 Å². The number of benzene rings is 1. The van der Waals surface area contributed by atoms with E-state index in [1.165, 1.54) is 5.56 Å². The van der Waals surface area contributed by atoms with E-state index in [-0.39, 0.29) is 0 Å². The van der Waals surface area contributed by atoms with Gasteiger partial charge in [-0.2, -0.15) is 0 Å². The Bertz CT molecular complexity index is 474. The molecule has 16 heavy (non-hydrogen) atoms. The molecule has 0 spiro atoms. The molecule has 1 unspecified atom stereocenters. The highest BCUT2D eigenvalue weighted by Crippen LogP contribution is 2.23. The summed E-state index contributed by atoms with van der Waals surface area (Å²) in [6.07, 6.45) is 2.88. The molecular formula is C13H17N3. The molecule has 0 saturated carbocycles. The van der Waals surface area contributed by atoms with Gasteiger partial charge in [0.1, 0.15) is 6.33 Å². The highest BCUT2D eigenvalue weighted by atomic mass is 15.2. The quantitative estimate of drug-likeness (QED) is 0.788. The van der Waals surface area contributed by atoms with Gasteiger partial charge in [-0.3, -0.25) is 0 Å². The largest absolute Gasteiger partial charge is 0.317 e. The molecule has 84 valence electrons. The number of rotatable bonds is 3. The summed E-state index contributed by atoms with van der Waals surface area (Å²) in [5.41, 5.74) is 2.50. The van der Waals surface area contributed by atoms with Crippen LogP contribution in [-0.4, -0.2) is 14.8 Å². The summed E-state index contributed by atoms with van der Waals surface area (Å²) in [6.45, 7) is 4.45. The summed E-state index contributed by atoms with van der Waals surface area (Å²) < 4.78 is 1.94. The van der Waals surface area contributed by atoms with Crippen molar-refractivity contribution in [3.63, 3.8) is 0 Å². The highest BCUT2D eigenvalue weighted by molar-refractivity contribution is 5.56. The predicted molar refractivity (Wildman–Crippen MR) is 65.1 cm³/mol. The zero-order valence-corrected chi connectivity index (χ0v) is 10.0. The zero-order chi connectivity index (χ0) is 11.5. The predicted octanol–water partition coefficient (Wildman–Crippen LogP) is 3.00. The summed E-state index contributed by atoms with van der Waals surface area (Å²) in [7, 11) is 1.96. The van der Waals surface area contributed by atoms with Crippen LogP contribution in [0.15, 0.2) is 30.6 Å². The second-order valence-corrected chi connectivity index (χ2v) is 4.20. The normalized spacial score (nSPS) is 12.7. The molecule has 0 radical (unpaired) electrons. The van der Waals surface area contributed by atoms with Crippen molar-refractivity contribution in [2.45, 2.75) is 26.2 Å². The Labute approximate surface area is 96.1 Å². The van der Waals surface area contributed by atoms with Crippen LogP contribution in [0.25, 0.3) is 11.4 Å². The Morgan fingerprint density at radius 3 is 2.81 bits per heavy atom. The average Bonchev–Trinajstić information content (AvgIpc) is 2.74. The van der Waals surface area contributed by atoms with Crippen LogP contribution in [0.3, 0.4) is 0 Å². The van der Waals surface area contributed by atoms with Gasteiger partial charge in [0.25, 0.3) is 0 Å². The highest BCUT2D eigenvalue weighted by Gasteiger charge is 2.07. The molecule has 0 aliphatic carbocycles. The van der Waals surface area contributed by atoms with Gasteiger partial charge in [0, 0.05) is 12.6 Å². The van der Waals surface area contributed by atoms with Crippen LogP contribution in [0.1, 0.15) is 31.7 Å². The summed E-state index contributed by atoms with van der Waals surface area (Å²) in [6, 6.07) is 8.55. The molecule has 1 heterocycles. The molecule has 3 heteroatoms. The van der Waals surface area contributed by atoms with Crippen LogP contribution in [0.2, 0.25) is 0 Å². The van der Waals surface area contributed by atoms with Crippen molar-refractivity contribution in [3.05, 3.63) is 36.2 Å². The first-order chi connectivity index (χ1) is 7.72. The molecule has 0 aliphatic rings. The molecule has 2 rings (SSSR count). The molecular weight excluding hydrogens is 198 g/mol. The van der Waals surface area contributed by atoms with Gasteiger partial charge in [0.05, 0.1) is 0 Å². The van der Waals surface area contributed by atoms with Crippen LogP contribution < -0.4 is 0 Å². The van der Waals surface area contributed by atoms with Gasteiger partial charge >= 0.3 is 0 Å². The van der Waals surface area contributed by atoms with Crippen molar-refractivity contribution < 1.29 is 0 Å². The summed E-state index contributed by atoms with van der Waals surface area (Å²) in [4.78, 5) is 0. The van der Waals surface area contributed by atoms with E-state index in [1.807, 2.05) is 11.6 Å². The Kier molecular flexibility index (Phi) is 3.04. The second kappa shape index (κ2) is 4.47. The van der Waals surface area contributed by atoms with Crippen molar-refractivity contribution in [2.75, 3.05) is 0 Å². The van der Waals surface area contributed by atoms with Gasteiger partial charge < -0.3 is 4.57 Å². The van der Waals surface area contributed by atoms with Gasteiger partial charge in [0.15, 0.2) is 5.82 Å². The topological polar surface area (TPSA) is 30.7 Å². The molecule has 0 N–H and O–H groups in total. The standard InChI is InChI=1S/C13H17N3/c1-4-10(2)11-6-5-7-12(8-11)13-15-14-9-16(13)3/h5-10H,4H2,1-3H3. The lowest BCUT2D eigenvalue weighted by Crippen LogP contribution is -1.95. The van der Waals surface area contributed by atoms with Crippen LogP contribution in [-0.2, 0) is 7.05 Å².